The second kappa shape index (κ2) is 6.13. The summed E-state index contributed by atoms with van der Waals surface area (Å²) in [5.41, 5.74) is 2.51. The van der Waals surface area contributed by atoms with Gasteiger partial charge in [-0.15, -0.1) is 6.07 Å². The van der Waals surface area contributed by atoms with E-state index < -0.39 is 0 Å². The second-order valence-corrected chi connectivity index (χ2v) is 2.92. The van der Waals surface area contributed by atoms with Crippen LogP contribution in [-0.2, 0) is 0 Å². The second-order valence-electron chi connectivity index (χ2n) is 2.92. The maximum absolute atomic E-state index is 3.24. The van der Waals surface area contributed by atoms with E-state index in [2.05, 4.69) is 43.9 Å². The topological polar surface area (TPSA) is 3.24 Å². The van der Waals surface area contributed by atoms with Crippen LogP contribution >= 0.6 is 0 Å². The molecule has 1 nitrogen and oxygen atoms in total. The molecule has 1 aromatic carbocycles. The first-order chi connectivity index (χ1) is 5.77. The summed E-state index contributed by atoms with van der Waals surface area (Å²) in [5.74, 6) is 0. The molecule has 0 bridgehead atoms. The van der Waals surface area contributed by atoms with Crippen LogP contribution in [0.1, 0.15) is 19.4 Å². The monoisotopic (exact) mass is 169 g/mol. The molecular weight excluding hydrogens is 153 g/mol. The fraction of sp³-hybridized carbons (Fsp3) is 0.455. The van der Waals surface area contributed by atoms with Gasteiger partial charge in [0.25, 0.3) is 0 Å². The Hall–Kier alpha value is -0.383. The van der Waals surface area contributed by atoms with Crippen LogP contribution < -0.4 is 23.8 Å². The summed E-state index contributed by atoms with van der Waals surface area (Å²) in [4.78, 5) is 2.30. The van der Waals surface area contributed by atoms with E-state index in [1.807, 2.05) is 6.07 Å². The quantitative estimate of drug-likeness (QED) is 0.441. The van der Waals surface area contributed by atoms with Gasteiger partial charge < -0.3 is 4.90 Å². The van der Waals surface area contributed by atoms with Crippen molar-refractivity contribution in [3.63, 3.8) is 0 Å². The van der Waals surface area contributed by atoms with Gasteiger partial charge in [-0.2, -0.15) is 23.8 Å². The molecule has 0 aliphatic carbocycles. The first kappa shape index (κ1) is 12.6. The Kier molecular flexibility index (Phi) is 5.95. The summed E-state index contributed by atoms with van der Waals surface area (Å²) in [7, 11) is 0. The Balaban J connectivity index is 0.00000144. The van der Waals surface area contributed by atoms with E-state index in [0.29, 0.717) is 0 Å². The van der Waals surface area contributed by atoms with E-state index in [1.165, 1.54) is 11.3 Å². The average Bonchev–Trinajstić information content (AvgIpc) is 2.07. The zero-order valence-electron chi connectivity index (χ0n) is 9.09. The summed E-state index contributed by atoms with van der Waals surface area (Å²) in [6, 6.07) is 9.48. The molecule has 0 fully saturated rings. The van der Waals surface area contributed by atoms with Crippen LogP contribution in [0.2, 0.25) is 0 Å². The maximum atomic E-state index is 3.24. The molecular formula is C11H16LiN. The van der Waals surface area contributed by atoms with Gasteiger partial charge in [-0.1, -0.05) is 12.6 Å². The van der Waals surface area contributed by atoms with Gasteiger partial charge in [0.1, 0.15) is 0 Å². The molecule has 0 radical (unpaired) electrons. The molecule has 0 aromatic heterocycles. The van der Waals surface area contributed by atoms with Crippen LogP contribution in [0, 0.1) is 13.0 Å². The van der Waals surface area contributed by atoms with Crippen LogP contribution in [0.25, 0.3) is 0 Å². The molecule has 0 unspecified atom stereocenters. The van der Waals surface area contributed by atoms with Crippen LogP contribution in [0.3, 0.4) is 0 Å². The third-order valence-electron chi connectivity index (χ3n) is 2.05. The van der Waals surface area contributed by atoms with Crippen molar-refractivity contribution >= 4 is 5.69 Å². The van der Waals surface area contributed by atoms with Crippen LogP contribution in [0.5, 0.6) is 0 Å². The Morgan fingerprint density at radius 3 is 2.38 bits per heavy atom. The molecule has 0 heterocycles. The summed E-state index contributed by atoms with van der Waals surface area (Å²) in [6.07, 6.45) is 0. The van der Waals surface area contributed by atoms with Gasteiger partial charge in [-0.3, -0.25) is 0 Å². The number of hydrogen-bond acceptors (Lipinski definition) is 1. The van der Waals surface area contributed by atoms with Crippen molar-refractivity contribution in [1.82, 2.24) is 0 Å². The first-order valence-corrected chi connectivity index (χ1v) is 4.51. The minimum atomic E-state index is 0. The largest absolute Gasteiger partial charge is 1.00 e. The van der Waals surface area contributed by atoms with Gasteiger partial charge in [0.05, 0.1) is 0 Å². The van der Waals surface area contributed by atoms with Gasteiger partial charge >= 0.3 is 18.9 Å². The van der Waals surface area contributed by atoms with Crippen molar-refractivity contribution in [2.75, 3.05) is 18.0 Å². The predicted molar refractivity (Wildman–Crippen MR) is 53.6 cm³/mol. The van der Waals surface area contributed by atoms with Gasteiger partial charge in [0.2, 0.25) is 0 Å². The first-order valence-electron chi connectivity index (χ1n) is 4.51. The molecule has 2 heteroatoms. The fourth-order valence-electron chi connectivity index (χ4n) is 1.31. The molecule has 0 atom stereocenters. The van der Waals surface area contributed by atoms with Crippen molar-refractivity contribution < 1.29 is 18.9 Å². The van der Waals surface area contributed by atoms with Crippen LogP contribution in [-0.4, -0.2) is 13.1 Å². The summed E-state index contributed by atoms with van der Waals surface area (Å²) in [6.45, 7) is 8.55. The summed E-state index contributed by atoms with van der Waals surface area (Å²) in [5, 5.41) is 0. The Bertz CT molecular complexity index is 244. The minimum absolute atomic E-state index is 0. The fourth-order valence-corrected chi connectivity index (χ4v) is 1.31. The van der Waals surface area contributed by atoms with Crippen molar-refractivity contribution in [2.24, 2.45) is 0 Å². The van der Waals surface area contributed by atoms with E-state index in [0.717, 1.165) is 13.1 Å². The number of rotatable bonds is 3. The third-order valence-corrected chi connectivity index (χ3v) is 2.05. The van der Waals surface area contributed by atoms with E-state index >= 15 is 0 Å². The number of benzene rings is 1. The third kappa shape index (κ3) is 3.46. The van der Waals surface area contributed by atoms with Gasteiger partial charge in [-0.05, 0) is 13.8 Å². The number of anilines is 1. The Morgan fingerprint density at radius 1 is 1.31 bits per heavy atom. The number of aryl methyl sites for hydroxylation is 1. The van der Waals surface area contributed by atoms with Crippen LogP contribution in [0.15, 0.2) is 18.2 Å². The zero-order valence-corrected chi connectivity index (χ0v) is 9.09. The SMILES string of the molecule is CCN(CC)c1[c-]ccc(C)c1.[Li+]. The van der Waals surface area contributed by atoms with E-state index in [1.54, 1.807) is 0 Å². The van der Waals surface area contributed by atoms with Crippen molar-refractivity contribution in [2.45, 2.75) is 20.8 Å². The van der Waals surface area contributed by atoms with E-state index in [4.69, 9.17) is 0 Å². The molecule has 0 saturated carbocycles. The van der Waals surface area contributed by atoms with E-state index in [-0.39, 0.29) is 18.9 Å². The molecule has 1 aromatic rings. The van der Waals surface area contributed by atoms with Gasteiger partial charge in [0, 0.05) is 13.1 Å². The molecule has 13 heavy (non-hydrogen) atoms. The maximum Gasteiger partial charge on any atom is 1.00 e. The molecule has 0 aliphatic heterocycles. The number of hydrogen-bond donors (Lipinski definition) is 0. The summed E-state index contributed by atoms with van der Waals surface area (Å²) >= 11 is 0. The molecule has 66 valence electrons. The predicted octanol–water partition coefficient (Wildman–Crippen LogP) is -0.355. The van der Waals surface area contributed by atoms with E-state index in [9.17, 15) is 0 Å². The Morgan fingerprint density at radius 2 is 1.92 bits per heavy atom. The van der Waals surface area contributed by atoms with Gasteiger partial charge in [-0.25, -0.2) is 0 Å². The minimum Gasteiger partial charge on any atom is -0.394 e. The Labute approximate surface area is 93.3 Å². The molecule has 0 aliphatic rings. The number of nitrogens with zero attached hydrogens (tertiary/aromatic N) is 1. The molecule has 0 amide bonds. The zero-order chi connectivity index (χ0) is 8.97. The summed E-state index contributed by atoms with van der Waals surface area (Å²) < 4.78 is 0. The van der Waals surface area contributed by atoms with Crippen molar-refractivity contribution in [3.05, 3.63) is 29.8 Å². The normalized spacial score (nSPS) is 9.15. The standard InChI is InChI=1S/C11H16N.Li/c1-4-12(5-2)11-8-6-7-10(3)9-11;/h6-7,9H,4-5H2,1-3H3;/q-1;+1. The average molecular weight is 169 g/mol. The van der Waals surface area contributed by atoms with Gasteiger partial charge in [0.15, 0.2) is 0 Å². The molecule has 0 saturated heterocycles. The van der Waals surface area contributed by atoms with Crippen LogP contribution in [0.4, 0.5) is 5.69 Å². The molecule has 1 rings (SSSR count). The molecule has 0 N–H and O–H groups in total. The van der Waals surface area contributed by atoms with Crippen molar-refractivity contribution in [3.8, 4) is 0 Å². The smallest absolute Gasteiger partial charge is 0.394 e. The molecule has 0 spiro atoms. The van der Waals surface area contributed by atoms with Crippen molar-refractivity contribution in [1.29, 1.82) is 0 Å².